The third-order valence-electron chi connectivity index (χ3n) is 13.0. The summed E-state index contributed by atoms with van der Waals surface area (Å²) in [5.41, 5.74) is -0.977. The molecule has 1 N–H and O–H groups in total. The summed E-state index contributed by atoms with van der Waals surface area (Å²) >= 11 is 0. The first-order chi connectivity index (χ1) is 19.5. The highest BCUT2D eigenvalue weighted by atomic mass is 16.6. The normalized spacial score (nSPS) is 42.5. The zero-order valence-electron chi connectivity index (χ0n) is 27.1. The molecule has 42 heavy (non-hydrogen) atoms. The van der Waals surface area contributed by atoms with Crippen LogP contribution in [-0.4, -0.2) is 59.1 Å². The van der Waals surface area contributed by atoms with Crippen LogP contribution in [0.2, 0.25) is 0 Å². The monoisotopic (exact) mass is 590 g/mol. The molecule has 8 nitrogen and oxygen atoms in total. The Kier molecular flexibility index (Phi) is 8.35. The minimum atomic E-state index is -1.09. The molecule has 0 unspecified atom stereocenters. The number of hydrogen-bond acceptors (Lipinski definition) is 8. The fourth-order valence-corrected chi connectivity index (χ4v) is 10.8. The molecule has 0 aromatic heterocycles. The zero-order valence-corrected chi connectivity index (χ0v) is 27.1. The Bertz CT molecular complexity index is 1070. The summed E-state index contributed by atoms with van der Waals surface area (Å²) in [5, 5.41) is 10.9. The van der Waals surface area contributed by atoms with Gasteiger partial charge in [-0.2, -0.15) is 0 Å². The molecule has 4 aliphatic carbocycles. The van der Waals surface area contributed by atoms with Gasteiger partial charge in [-0.05, 0) is 100 Å². The first kappa shape index (κ1) is 31.7. The van der Waals surface area contributed by atoms with Crippen LogP contribution in [0.4, 0.5) is 0 Å². The average Bonchev–Trinajstić information content (AvgIpc) is 3.45. The molecule has 1 saturated heterocycles. The molecule has 5 aliphatic rings. The molecule has 0 bridgehead atoms. The van der Waals surface area contributed by atoms with Gasteiger partial charge in [-0.1, -0.05) is 20.8 Å². The van der Waals surface area contributed by atoms with Gasteiger partial charge >= 0.3 is 17.9 Å². The van der Waals surface area contributed by atoms with E-state index in [1.54, 1.807) is 13.8 Å². The molecule has 5 fully saturated rings. The van der Waals surface area contributed by atoms with E-state index in [-0.39, 0.29) is 71.1 Å². The molecule has 12 atom stereocenters. The van der Waals surface area contributed by atoms with Gasteiger partial charge in [-0.25, -0.2) is 0 Å². The van der Waals surface area contributed by atoms with Crippen LogP contribution in [-0.2, 0) is 33.3 Å². The molecule has 238 valence electrons. The maximum Gasteiger partial charge on any atom is 0.302 e. The standard InChI is InChI=1S/C34H54O8/c1-19(29(41-22(4)37)15-23(31(5,6)38)18-39-20(2)35)26-9-10-27-25-16-30-34(42-30)17-24(40-21(3)36)11-14-33(34,8)28(25)12-13-32(26,27)7/h19,23-30,38H,9-18H2,1-8H3/t19-,23+,24-,25-,26+,27-,28-,29+,30+,32+,33+,34+/m0/s1. The quantitative estimate of drug-likeness (QED) is 0.209. The van der Waals surface area contributed by atoms with Crippen molar-refractivity contribution in [2.75, 3.05) is 6.61 Å². The van der Waals surface area contributed by atoms with Crippen LogP contribution < -0.4 is 0 Å². The van der Waals surface area contributed by atoms with Crippen molar-refractivity contribution in [2.45, 2.75) is 143 Å². The van der Waals surface area contributed by atoms with Crippen molar-refractivity contribution >= 4 is 17.9 Å². The van der Waals surface area contributed by atoms with E-state index in [0.29, 0.717) is 30.1 Å². The second-order valence-corrected chi connectivity index (χ2v) is 15.6. The Hall–Kier alpha value is -1.67. The van der Waals surface area contributed by atoms with Crippen molar-refractivity contribution in [1.29, 1.82) is 0 Å². The molecule has 0 aromatic rings. The number of epoxide rings is 1. The van der Waals surface area contributed by atoms with Crippen LogP contribution in [0.5, 0.6) is 0 Å². The van der Waals surface area contributed by atoms with E-state index in [9.17, 15) is 19.5 Å². The van der Waals surface area contributed by atoms with Crippen molar-refractivity contribution in [3.63, 3.8) is 0 Å². The molecule has 1 aliphatic heterocycles. The third kappa shape index (κ3) is 5.41. The van der Waals surface area contributed by atoms with E-state index in [0.717, 1.165) is 38.5 Å². The lowest BCUT2D eigenvalue weighted by molar-refractivity contribution is -0.161. The first-order valence-corrected chi connectivity index (χ1v) is 16.4. The van der Waals surface area contributed by atoms with Crippen molar-refractivity contribution in [3.8, 4) is 0 Å². The molecule has 5 rings (SSSR count). The lowest BCUT2D eigenvalue weighted by atomic mass is 9.44. The first-order valence-electron chi connectivity index (χ1n) is 16.4. The fourth-order valence-electron chi connectivity index (χ4n) is 10.8. The van der Waals surface area contributed by atoms with Gasteiger partial charge in [-0.15, -0.1) is 0 Å². The number of carbonyl (C=O) groups excluding carboxylic acids is 3. The number of hydrogen-bond donors (Lipinski definition) is 1. The van der Waals surface area contributed by atoms with Gasteiger partial charge in [0.1, 0.15) is 17.8 Å². The van der Waals surface area contributed by atoms with Crippen LogP contribution in [0.15, 0.2) is 0 Å². The lowest BCUT2D eigenvalue weighted by Crippen LogP contribution is -2.59. The zero-order chi connectivity index (χ0) is 30.8. The Morgan fingerprint density at radius 3 is 2.31 bits per heavy atom. The number of aliphatic hydroxyl groups is 1. The summed E-state index contributed by atoms with van der Waals surface area (Å²) in [6.07, 6.45) is 8.77. The van der Waals surface area contributed by atoms with Gasteiger partial charge in [-0.3, -0.25) is 14.4 Å². The van der Waals surface area contributed by atoms with Crippen molar-refractivity contribution in [1.82, 2.24) is 0 Å². The summed E-state index contributed by atoms with van der Waals surface area (Å²) in [6, 6.07) is 0. The Balaban J connectivity index is 1.34. The summed E-state index contributed by atoms with van der Waals surface area (Å²) in [7, 11) is 0. The SMILES string of the molecule is CC(=O)OC[C@@H](C[C@@H](OC(C)=O)[C@@H](C)[C@H]1CC[C@H]2[C@@H]3C[C@H]4O[C@]45C[C@@H](OC(C)=O)CC[C@]5(C)[C@H]3CC[C@]12C)C(C)(C)O. The van der Waals surface area contributed by atoms with Crippen LogP contribution >= 0.6 is 0 Å². The molecular formula is C34H54O8. The average molecular weight is 591 g/mol. The topological polar surface area (TPSA) is 112 Å². The lowest BCUT2D eigenvalue weighted by Gasteiger charge is -2.59. The molecule has 0 aromatic carbocycles. The predicted octanol–water partition coefficient (Wildman–Crippen LogP) is 5.62. The largest absolute Gasteiger partial charge is 0.465 e. The number of esters is 3. The van der Waals surface area contributed by atoms with E-state index >= 15 is 0 Å². The minimum absolute atomic E-state index is 0.0329. The number of carbonyl (C=O) groups is 3. The van der Waals surface area contributed by atoms with Crippen LogP contribution in [0.1, 0.15) is 113 Å². The molecule has 4 saturated carbocycles. The van der Waals surface area contributed by atoms with Gasteiger partial charge in [0.15, 0.2) is 0 Å². The number of fused-ring (bicyclic) bond motifs is 4. The van der Waals surface area contributed by atoms with E-state index in [1.807, 2.05) is 0 Å². The Morgan fingerprint density at radius 2 is 1.69 bits per heavy atom. The highest BCUT2D eigenvalue weighted by molar-refractivity contribution is 5.66. The summed E-state index contributed by atoms with van der Waals surface area (Å²) in [6.45, 7) is 15.0. The van der Waals surface area contributed by atoms with Crippen LogP contribution in [0, 0.1) is 46.3 Å². The van der Waals surface area contributed by atoms with E-state index in [4.69, 9.17) is 18.9 Å². The van der Waals surface area contributed by atoms with Gasteiger partial charge in [0.2, 0.25) is 0 Å². The summed E-state index contributed by atoms with van der Waals surface area (Å²) in [5.74, 6) is 1.06. The molecule has 0 amide bonds. The molecule has 8 heteroatoms. The maximum atomic E-state index is 12.3. The van der Waals surface area contributed by atoms with Crippen molar-refractivity contribution in [2.24, 2.45) is 46.3 Å². The van der Waals surface area contributed by atoms with Gasteiger partial charge in [0.05, 0.1) is 18.3 Å². The fraction of sp³-hybridized carbons (Fsp3) is 0.912. The van der Waals surface area contributed by atoms with Gasteiger partial charge < -0.3 is 24.1 Å². The second-order valence-electron chi connectivity index (χ2n) is 15.6. The number of rotatable bonds is 9. The maximum absolute atomic E-state index is 12.3. The highest BCUT2D eigenvalue weighted by Crippen LogP contribution is 2.74. The molecule has 0 radical (unpaired) electrons. The smallest absolute Gasteiger partial charge is 0.302 e. The molecular weight excluding hydrogens is 536 g/mol. The van der Waals surface area contributed by atoms with E-state index < -0.39 is 5.60 Å². The minimum Gasteiger partial charge on any atom is -0.465 e. The summed E-state index contributed by atoms with van der Waals surface area (Å²) in [4.78, 5) is 35.6. The molecule has 1 spiro atoms. The second kappa shape index (κ2) is 11.0. The predicted molar refractivity (Wildman–Crippen MR) is 156 cm³/mol. The van der Waals surface area contributed by atoms with Crippen LogP contribution in [0.25, 0.3) is 0 Å². The van der Waals surface area contributed by atoms with Crippen molar-refractivity contribution in [3.05, 3.63) is 0 Å². The van der Waals surface area contributed by atoms with Gasteiger partial charge in [0, 0.05) is 38.5 Å². The number of ether oxygens (including phenoxy) is 4. The summed E-state index contributed by atoms with van der Waals surface area (Å²) < 4.78 is 23.6. The Labute approximate surface area is 251 Å². The molecule has 1 heterocycles. The highest BCUT2D eigenvalue weighted by Gasteiger charge is 2.76. The Morgan fingerprint density at radius 1 is 0.976 bits per heavy atom. The van der Waals surface area contributed by atoms with Crippen molar-refractivity contribution < 1.29 is 38.4 Å². The van der Waals surface area contributed by atoms with Crippen LogP contribution in [0.3, 0.4) is 0 Å². The van der Waals surface area contributed by atoms with Gasteiger partial charge in [0.25, 0.3) is 0 Å². The van der Waals surface area contributed by atoms with E-state index in [2.05, 4.69) is 20.8 Å². The van der Waals surface area contributed by atoms with E-state index in [1.165, 1.54) is 33.6 Å². The third-order valence-corrected chi connectivity index (χ3v) is 13.0.